The zero-order valence-electron chi connectivity index (χ0n) is 11.3. The Kier molecular flexibility index (Phi) is 3.62. The predicted molar refractivity (Wildman–Crippen MR) is 71.5 cm³/mol. The zero-order valence-corrected chi connectivity index (χ0v) is 11.3. The average Bonchev–Trinajstić information content (AvgIpc) is 2.79. The second-order valence-corrected chi connectivity index (χ2v) is 4.86. The largest absolute Gasteiger partial charge is 0.472 e. The van der Waals surface area contributed by atoms with Crippen molar-refractivity contribution in [3.05, 3.63) is 47.7 Å². The molecule has 2 saturated heterocycles. The van der Waals surface area contributed by atoms with Crippen molar-refractivity contribution in [2.45, 2.75) is 25.3 Å². The molecule has 2 fully saturated rings. The Hall–Kier alpha value is -2.34. The standard InChI is InChI=1S/C15H15NO5/c17-7-6-11-14(16-12(18)8-13(16)21-11)15(19)20-9-10-4-2-1-3-5-10/h1-6,13-14,17H,7-9H2. The smallest absolute Gasteiger partial charge is 0.337 e. The van der Waals surface area contributed by atoms with Crippen LogP contribution in [0.1, 0.15) is 12.0 Å². The summed E-state index contributed by atoms with van der Waals surface area (Å²) in [5.41, 5.74) is 0.865. The number of carbonyl (C=O) groups excluding carboxylic acids is 2. The van der Waals surface area contributed by atoms with E-state index in [1.807, 2.05) is 30.3 Å². The molecular formula is C15H15NO5. The van der Waals surface area contributed by atoms with Gasteiger partial charge < -0.3 is 14.6 Å². The van der Waals surface area contributed by atoms with Gasteiger partial charge in [0.15, 0.2) is 12.3 Å². The maximum absolute atomic E-state index is 12.2. The molecule has 0 aliphatic carbocycles. The molecule has 0 bridgehead atoms. The van der Waals surface area contributed by atoms with E-state index in [-0.39, 0.29) is 31.3 Å². The number of β-lactam (4-membered cyclic amide) rings is 1. The minimum atomic E-state index is -0.882. The molecule has 110 valence electrons. The van der Waals surface area contributed by atoms with Crippen molar-refractivity contribution in [1.82, 2.24) is 4.90 Å². The van der Waals surface area contributed by atoms with Crippen molar-refractivity contribution in [2.24, 2.45) is 0 Å². The van der Waals surface area contributed by atoms with Crippen molar-refractivity contribution < 1.29 is 24.2 Å². The lowest BCUT2D eigenvalue weighted by molar-refractivity contribution is -0.166. The predicted octanol–water partition coefficient (Wildman–Crippen LogP) is 0.563. The number of hydrogen-bond acceptors (Lipinski definition) is 5. The van der Waals surface area contributed by atoms with Gasteiger partial charge in [0.2, 0.25) is 5.91 Å². The summed E-state index contributed by atoms with van der Waals surface area (Å²) in [5, 5.41) is 8.98. The van der Waals surface area contributed by atoms with Crippen LogP contribution in [-0.4, -0.2) is 40.8 Å². The first-order valence-corrected chi connectivity index (χ1v) is 6.70. The van der Waals surface area contributed by atoms with Gasteiger partial charge in [-0.2, -0.15) is 0 Å². The molecule has 6 nitrogen and oxygen atoms in total. The van der Waals surface area contributed by atoms with Gasteiger partial charge >= 0.3 is 5.97 Å². The molecule has 1 aromatic rings. The minimum absolute atomic E-state index is 0.134. The molecule has 0 aromatic heterocycles. The van der Waals surface area contributed by atoms with Gasteiger partial charge in [-0.3, -0.25) is 9.69 Å². The number of esters is 1. The summed E-state index contributed by atoms with van der Waals surface area (Å²) in [6, 6.07) is 8.40. The molecule has 2 aliphatic rings. The summed E-state index contributed by atoms with van der Waals surface area (Å²) >= 11 is 0. The average molecular weight is 289 g/mol. The Labute approximate surface area is 121 Å². The minimum Gasteiger partial charge on any atom is -0.472 e. The highest BCUT2D eigenvalue weighted by atomic mass is 16.6. The van der Waals surface area contributed by atoms with E-state index < -0.39 is 18.2 Å². The van der Waals surface area contributed by atoms with Gasteiger partial charge in [-0.05, 0) is 11.6 Å². The lowest BCUT2D eigenvalue weighted by Gasteiger charge is -2.33. The van der Waals surface area contributed by atoms with E-state index in [1.165, 1.54) is 11.0 Å². The Morgan fingerprint density at radius 3 is 2.86 bits per heavy atom. The lowest BCUT2D eigenvalue weighted by atomic mass is 10.1. The highest BCUT2D eigenvalue weighted by Gasteiger charge is 2.54. The number of nitrogens with zero attached hydrogens (tertiary/aromatic N) is 1. The molecule has 2 aliphatic heterocycles. The Morgan fingerprint density at radius 1 is 1.43 bits per heavy atom. The topological polar surface area (TPSA) is 76.1 Å². The third-order valence-corrected chi connectivity index (χ3v) is 3.51. The van der Waals surface area contributed by atoms with Crippen LogP contribution in [0.5, 0.6) is 0 Å². The number of rotatable bonds is 4. The normalized spacial score (nSPS) is 25.3. The monoisotopic (exact) mass is 289 g/mol. The summed E-state index contributed by atoms with van der Waals surface area (Å²) in [5.74, 6) is -0.413. The molecule has 2 heterocycles. The van der Waals surface area contributed by atoms with Gasteiger partial charge in [0.1, 0.15) is 12.4 Å². The second kappa shape index (κ2) is 5.57. The van der Waals surface area contributed by atoms with Gasteiger partial charge in [-0.15, -0.1) is 0 Å². The van der Waals surface area contributed by atoms with Crippen LogP contribution in [0, 0.1) is 0 Å². The molecule has 2 unspecified atom stereocenters. The zero-order chi connectivity index (χ0) is 14.8. The van der Waals surface area contributed by atoms with Gasteiger partial charge in [0.25, 0.3) is 0 Å². The fourth-order valence-electron chi connectivity index (χ4n) is 2.46. The van der Waals surface area contributed by atoms with Gasteiger partial charge in [-0.25, -0.2) is 4.79 Å². The molecule has 0 saturated carbocycles. The first kappa shape index (κ1) is 13.6. The Balaban J connectivity index is 1.70. The highest BCUT2D eigenvalue weighted by Crippen LogP contribution is 2.36. The molecule has 3 rings (SSSR count). The summed E-state index contributed by atoms with van der Waals surface area (Å²) in [6.07, 6.45) is 1.23. The van der Waals surface area contributed by atoms with Crippen LogP contribution >= 0.6 is 0 Å². The highest BCUT2D eigenvalue weighted by molar-refractivity contribution is 5.91. The van der Waals surface area contributed by atoms with Crippen LogP contribution in [0.3, 0.4) is 0 Å². The number of carbonyl (C=O) groups is 2. The maximum atomic E-state index is 12.2. The third-order valence-electron chi connectivity index (χ3n) is 3.51. The first-order valence-electron chi connectivity index (χ1n) is 6.70. The van der Waals surface area contributed by atoms with Gasteiger partial charge in [0, 0.05) is 0 Å². The lowest BCUT2D eigenvalue weighted by Crippen LogP contribution is -2.55. The molecule has 1 amide bonds. The summed E-state index contributed by atoms with van der Waals surface area (Å²) in [4.78, 5) is 25.2. The number of aliphatic hydroxyl groups excluding tert-OH is 1. The third kappa shape index (κ3) is 2.50. The van der Waals surface area contributed by atoms with E-state index >= 15 is 0 Å². The van der Waals surface area contributed by atoms with Crippen LogP contribution in [0.15, 0.2) is 42.2 Å². The van der Waals surface area contributed by atoms with Crippen LogP contribution in [-0.2, 0) is 25.7 Å². The van der Waals surface area contributed by atoms with E-state index in [4.69, 9.17) is 14.6 Å². The molecule has 6 heteroatoms. The number of fused-ring (bicyclic) bond motifs is 1. The molecule has 1 aromatic carbocycles. The SMILES string of the molecule is O=C(OCc1ccccc1)C1C(=CCO)OC2CC(=O)N21. The Morgan fingerprint density at radius 2 is 2.19 bits per heavy atom. The summed E-state index contributed by atoms with van der Waals surface area (Å²) in [7, 11) is 0. The first-order chi connectivity index (χ1) is 10.2. The van der Waals surface area contributed by atoms with Crippen molar-refractivity contribution in [3.63, 3.8) is 0 Å². The molecule has 21 heavy (non-hydrogen) atoms. The molecule has 0 radical (unpaired) electrons. The van der Waals surface area contributed by atoms with E-state index in [1.54, 1.807) is 0 Å². The Bertz CT molecular complexity index is 583. The van der Waals surface area contributed by atoms with E-state index in [2.05, 4.69) is 0 Å². The number of hydrogen-bond donors (Lipinski definition) is 1. The number of amides is 1. The van der Waals surface area contributed by atoms with Crippen molar-refractivity contribution >= 4 is 11.9 Å². The van der Waals surface area contributed by atoms with E-state index in [0.717, 1.165) is 5.56 Å². The number of ether oxygens (including phenoxy) is 2. The van der Waals surface area contributed by atoms with Crippen LogP contribution < -0.4 is 0 Å². The van der Waals surface area contributed by atoms with Gasteiger partial charge in [-0.1, -0.05) is 30.3 Å². The molecular weight excluding hydrogens is 274 g/mol. The van der Waals surface area contributed by atoms with Crippen molar-refractivity contribution in [1.29, 1.82) is 0 Å². The summed E-state index contributed by atoms with van der Waals surface area (Å²) < 4.78 is 10.7. The van der Waals surface area contributed by atoms with Crippen molar-refractivity contribution in [2.75, 3.05) is 6.61 Å². The van der Waals surface area contributed by atoms with Gasteiger partial charge in [0.05, 0.1) is 13.0 Å². The molecule has 0 spiro atoms. The second-order valence-electron chi connectivity index (χ2n) is 4.86. The van der Waals surface area contributed by atoms with Crippen LogP contribution in [0.25, 0.3) is 0 Å². The quantitative estimate of drug-likeness (QED) is 0.647. The summed E-state index contributed by atoms with van der Waals surface area (Å²) in [6.45, 7) is -0.123. The fraction of sp³-hybridized carbons (Fsp3) is 0.333. The molecule has 2 atom stereocenters. The number of benzene rings is 1. The van der Waals surface area contributed by atoms with Crippen LogP contribution in [0.4, 0.5) is 0 Å². The maximum Gasteiger partial charge on any atom is 0.337 e. The fourth-order valence-corrected chi connectivity index (χ4v) is 2.46. The van der Waals surface area contributed by atoms with Crippen molar-refractivity contribution in [3.8, 4) is 0 Å². The van der Waals surface area contributed by atoms with E-state index in [9.17, 15) is 9.59 Å². The molecule has 1 N–H and O–H groups in total. The van der Waals surface area contributed by atoms with Crippen LogP contribution in [0.2, 0.25) is 0 Å². The number of aliphatic hydroxyl groups is 1. The van der Waals surface area contributed by atoms with E-state index in [0.29, 0.717) is 0 Å².